The van der Waals surface area contributed by atoms with E-state index in [2.05, 4.69) is 0 Å². The van der Waals surface area contributed by atoms with Crippen LogP contribution in [-0.2, 0) is 23.2 Å². The van der Waals surface area contributed by atoms with Gasteiger partial charge in [0.2, 0.25) is 5.60 Å². The third-order valence-electron chi connectivity index (χ3n) is 5.25. The number of nitrogens with zero attached hydrogens (tertiary/aromatic N) is 1. The molecule has 0 rings (SSSR count). The number of phosphoric ester groups is 1. The SMILES string of the molecule is CCCCCCC(=O)C(OP(=O)([O-])OCC[N+](C)(C)C)(C(=O)CCCCCC)[C@@H](O)CO. The molecular formula is C22H44NO8P. The van der Waals surface area contributed by atoms with Crippen molar-refractivity contribution in [1.29, 1.82) is 0 Å². The highest BCUT2D eigenvalue weighted by Crippen LogP contribution is 2.46. The molecule has 0 amide bonds. The molecule has 0 bridgehead atoms. The van der Waals surface area contributed by atoms with E-state index in [0.717, 1.165) is 25.7 Å². The molecule has 9 nitrogen and oxygen atoms in total. The summed E-state index contributed by atoms with van der Waals surface area (Å²) in [6, 6.07) is 0. The molecule has 0 saturated heterocycles. The molecule has 10 heteroatoms. The number of quaternary nitrogens is 1. The number of carbonyl (C=O) groups is 2. The molecule has 0 aliphatic carbocycles. The Bertz CT molecular complexity index is 581. The normalized spacial score (nSPS) is 15.4. The summed E-state index contributed by atoms with van der Waals surface area (Å²) in [6.45, 7) is 3.13. The zero-order valence-corrected chi connectivity index (χ0v) is 21.4. The molecule has 0 aliphatic heterocycles. The Hall–Kier alpha value is -0.670. The van der Waals surface area contributed by atoms with Gasteiger partial charge in [-0.05, 0) is 12.8 Å². The second-order valence-electron chi connectivity index (χ2n) is 9.29. The van der Waals surface area contributed by atoms with Crippen LogP contribution in [0.4, 0.5) is 0 Å². The first-order valence-electron chi connectivity index (χ1n) is 11.7. The molecule has 0 aliphatic rings. The number of rotatable bonds is 20. The third kappa shape index (κ3) is 11.5. The predicted molar refractivity (Wildman–Crippen MR) is 121 cm³/mol. The monoisotopic (exact) mass is 481 g/mol. The minimum absolute atomic E-state index is 0.142. The Kier molecular flexibility index (Phi) is 15.0. The van der Waals surface area contributed by atoms with Gasteiger partial charge in [0.1, 0.15) is 19.3 Å². The smallest absolute Gasteiger partial charge is 0.269 e. The summed E-state index contributed by atoms with van der Waals surface area (Å²) in [5.41, 5.74) is -2.69. The summed E-state index contributed by atoms with van der Waals surface area (Å²) in [4.78, 5) is 38.9. The molecule has 2 N–H and O–H groups in total. The minimum Gasteiger partial charge on any atom is -0.756 e. The second-order valence-corrected chi connectivity index (χ2v) is 10.6. The van der Waals surface area contributed by atoms with Crippen LogP contribution in [0.5, 0.6) is 0 Å². The molecule has 2 atom stereocenters. The lowest BCUT2D eigenvalue weighted by Crippen LogP contribution is -2.59. The highest BCUT2D eigenvalue weighted by molar-refractivity contribution is 7.46. The maximum atomic E-state index is 13.1. The van der Waals surface area contributed by atoms with Gasteiger partial charge in [0.15, 0.2) is 11.6 Å². The number of ketones is 2. The first kappa shape index (κ1) is 31.3. The molecule has 0 aromatic carbocycles. The van der Waals surface area contributed by atoms with Crippen molar-refractivity contribution < 1.29 is 42.8 Å². The van der Waals surface area contributed by atoms with Crippen LogP contribution in [0.25, 0.3) is 0 Å². The average molecular weight is 482 g/mol. The molecule has 0 aromatic rings. The van der Waals surface area contributed by atoms with Gasteiger partial charge < -0.3 is 24.1 Å². The van der Waals surface area contributed by atoms with Crippen molar-refractivity contribution in [2.45, 2.75) is 89.8 Å². The van der Waals surface area contributed by atoms with Gasteiger partial charge in [0.05, 0.1) is 27.7 Å². The quantitative estimate of drug-likeness (QED) is 0.117. The van der Waals surface area contributed by atoms with Crippen LogP contribution >= 0.6 is 7.82 Å². The summed E-state index contributed by atoms with van der Waals surface area (Å²) >= 11 is 0. The Morgan fingerprint density at radius 2 is 1.44 bits per heavy atom. The van der Waals surface area contributed by atoms with Crippen LogP contribution in [0, 0.1) is 0 Å². The van der Waals surface area contributed by atoms with E-state index < -0.39 is 37.7 Å². The maximum absolute atomic E-state index is 13.1. The van der Waals surface area contributed by atoms with E-state index in [-0.39, 0.29) is 19.4 Å². The molecule has 32 heavy (non-hydrogen) atoms. The van der Waals surface area contributed by atoms with Gasteiger partial charge in [-0.3, -0.25) is 18.7 Å². The number of likely N-dealkylation sites (N-methyl/N-ethyl adjacent to an activating group) is 1. The van der Waals surface area contributed by atoms with E-state index in [9.17, 15) is 29.3 Å². The molecule has 0 fully saturated rings. The van der Waals surface area contributed by atoms with Crippen molar-refractivity contribution in [3.8, 4) is 0 Å². The molecule has 0 radical (unpaired) electrons. The molecule has 0 spiro atoms. The lowest BCUT2D eigenvalue weighted by atomic mass is 9.82. The number of carbonyl (C=O) groups excluding carboxylic acids is 2. The van der Waals surface area contributed by atoms with Crippen molar-refractivity contribution in [2.75, 3.05) is 40.9 Å². The zero-order valence-electron chi connectivity index (χ0n) is 20.5. The highest BCUT2D eigenvalue weighted by atomic mass is 31.2. The fourth-order valence-corrected chi connectivity index (χ4v) is 4.28. The van der Waals surface area contributed by atoms with E-state index in [1.165, 1.54) is 0 Å². The first-order valence-corrected chi connectivity index (χ1v) is 13.1. The van der Waals surface area contributed by atoms with Crippen LogP contribution in [0.2, 0.25) is 0 Å². The Morgan fingerprint density at radius 3 is 1.81 bits per heavy atom. The molecule has 0 saturated carbocycles. The highest BCUT2D eigenvalue weighted by Gasteiger charge is 2.53. The number of Topliss-reactive ketones (excluding diaryl/α,β-unsaturated/α-hetero) is 2. The Labute approximate surface area is 193 Å². The van der Waals surface area contributed by atoms with Gasteiger partial charge in [0, 0.05) is 12.8 Å². The molecule has 1 unspecified atom stereocenters. The lowest BCUT2D eigenvalue weighted by Gasteiger charge is -2.39. The number of unbranched alkanes of at least 4 members (excludes halogenated alkanes) is 6. The summed E-state index contributed by atoms with van der Waals surface area (Å²) < 4.78 is 23.0. The van der Waals surface area contributed by atoms with Gasteiger partial charge in [-0.25, -0.2) is 0 Å². The fourth-order valence-electron chi connectivity index (χ4n) is 3.24. The third-order valence-corrected chi connectivity index (χ3v) is 6.26. The number of hydrogen-bond donors (Lipinski definition) is 2. The van der Waals surface area contributed by atoms with Crippen LogP contribution in [-0.4, -0.2) is 78.9 Å². The molecule has 0 aromatic heterocycles. The van der Waals surface area contributed by atoms with Gasteiger partial charge >= 0.3 is 0 Å². The largest absolute Gasteiger partial charge is 0.756 e. The first-order chi connectivity index (χ1) is 14.9. The topological polar surface area (TPSA) is 133 Å². The van der Waals surface area contributed by atoms with Gasteiger partial charge in [-0.2, -0.15) is 0 Å². The van der Waals surface area contributed by atoms with Crippen molar-refractivity contribution in [3.05, 3.63) is 0 Å². The molecule has 190 valence electrons. The zero-order chi connectivity index (χ0) is 24.8. The second kappa shape index (κ2) is 15.3. The van der Waals surface area contributed by atoms with E-state index in [0.29, 0.717) is 36.7 Å². The summed E-state index contributed by atoms with van der Waals surface area (Å²) in [6.07, 6.45) is 3.60. The number of aliphatic hydroxyl groups excluding tert-OH is 2. The van der Waals surface area contributed by atoms with Crippen molar-refractivity contribution >= 4 is 19.4 Å². The molecular weight excluding hydrogens is 437 g/mol. The average Bonchev–Trinajstić information content (AvgIpc) is 2.70. The summed E-state index contributed by atoms with van der Waals surface area (Å²) in [5.74, 6) is -1.69. The van der Waals surface area contributed by atoms with Crippen molar-refractivity contribution in [2.24, 2.45) is 0 Å². The number of phosphoric acid groups is 1. The maximum Gasteiger partial charge on any atom is 0.269 e. The standard InChI is InChI=1S/C22H44NO8P/c1-6-8-10-12-14-19(25)22(21(27)18-24,20(26)15-13-11-9-7-2)31-32(28,29)30-17-16-23(3,4)5/h21,24,27H,6-18H2,1-5H3/t21-/m0/s1. The minimum atomic E-state index is -5.14. The van der Waals surface area contributed by atoms with Crippen LogP contribution < -0.4 is 4.89 Å². The van der Waals surface area contributed by atoms with Crippen molar-refractivity contribution in [1.82, 2.24) is 0 Å². The van der Waals surface area contributed by atoms with Gasteiger partial charge in [-0.15, -0.1) is 0 Å². The van der Waals surface area contributed by atoms with E-state index in [1.54, 1.807) is 0 Å². The predicted octanol–water partition coefficient (Wildman–Crippen LogP) is 2.37. The summed E-state index contributed by atoms with van der Waals surface area (Å²) in [5, 5.41) is 20.1. The molecule has 0 heterocycles. The summed E-state index contributed by atoms with van der Waals surface area (Å²) in [7, 11) is 0.403. The van der Waals surface area contributed by atoms with Crippen LogP contribution in [0.15, 0.2) is 0 Å². The number of aliphatic hydroxyl groups is 2. The Morgan fingerprint density at radius 1 is 0.969 bits per heavy atom. The van der Waals surface area contributed by atoms with E-state index in [1.807, 2.05) is 35.0 Å². The number of hydrogen-bond acceptors (Lipinski definition) is 8. The fraction of sp³-hybridized carbons (Fsp3) is 0.909. The Balaban J connectivity index is 5.77. The van der Waals surface area contributed by atoms with E-state index in [4.69, 9.17) is 9.05 Å². The van der Waals surface area contributed by atoms with E-state index >= 15 is 0 Å². The van der Waals surface area contributed by atoms with Gasteiger partial charge in [0.25, 0.3) is 7.82 Å². The van der Waals surface area contributed by atoms with Crippen LogP contribution in [0.3, 0.4) is 0 Å². The van der Waals surface area contributed by atoms with Crippen LogP contribution in [0.1, 0.15) is 78.1 Å². The van der Waals surface area contributed by atoms with Crippen molar-refractivity contribution in [3.63, 3.8) is 0 Å². The lowest BCUT2D eigenvalue weighted by molar-refractivity contribution is -0.870. The van der Waals surface area contributed by atoms with Gasteiger partial charge in [-0.1, -0.05) is 52.4 Å².